The van der Waals surface area contributed by atoms with Crippen LogP contribution in [0.3, 0.4) is 0 Å². The van der Waals surface area contributed by atoms with Crippen LogP contribution >= 0.6 is 11.6 Å². The second kappa shape index (κ2) is 10.2. The van der Waals surface area contributed by atoms with E-state index in [0.29, 0.717) is 18.8 Å². The van der Waals surface area contributed by atoms with Crippen molar-refractivity contribution in [2.75, 3.05) is 39.8 Å². The van der Waals surface area contributed by atoms with Crippen molar-refractivity contribution < 1.29 is 13.2 Å². The van der Waals surface area contributed by atoms with E-state index in [-0.39, 0.29) is 17.1 Å². The van der Waals surface area contributed by atoms with E-state index < -0.39 is 10.0 Å². The summed E-state index contributed by atoms with van der Waals surface area (Å²) < 4.78 is 34.9. The lowest BCUT2D eigenvalue weighted by Crippen LogP contribution is -2.68. The lowest BCUT2D eigenvalue weighted by Gasteiger charge is -2.52. The summed E-state index contributed by atoms with van der Waals surface area (Å²) in [5.41, 5.74) is 2.09. The SMILES string of the molecule is C=CCN1CC(Cc2ccc(Cl)cc2)N2CCCN(S(=O)(=O)c3cc(C)ccc3OC)C2C1. The van der Waals surface area contributed by atoms with Gasteiger partial charge >= 0.3 is 0 Å². The molecule has 0 aromatic heterocycles. The van der Waals surface area contributed by atoms with Gasteiger partial charge in [-0.15, -0.1) is 6.58 Å². The minimum Gasteiger partial charge on any atom is -0.495 e. The third-order valence-corrected chi connectivity index (χ3v) is 8.72. The predicted octanol–water partition coefficient (Wildman–Crippen LogP) is 3.79. The molecule has 2 fully saturated rings. The Bertz CT molecular complexity index is 1090. The van der Waals surface area contributed by atoms with Gasteiger partial charge in [0.1, 0.15) is 10.6 Å². The third-order valence-electron chi connectivity index (χ3n) is 6.55. The number of hydrogen-bond acceptors (Lipinski definition) is 5. The molecule has 2 aliphatic rings. The van der Waals surface area contributed by atoms with Crippen molar-refractivity contribution in [3.05, 3.63) is 71.3 Å². The van der Waals surface area contributed by atoms with E-state index in [4.69, 9.17) is 16.3 Å². The normalized spacial score (nSPS) is 22.6. The van der Waals surface area contributed by atoms with Crippen LogP contribution in [0.5, 0.6) is 5.75 Å². The van der Waals surface area contributed by atoms with Gasteiger partial charge in [-0.25, -0.2) is 8.42 Å². The average Bonchev–Trinajstić information content (AvgIpc) is 2.80. The molecule has 0 amide bonds. The van der Waals surface area contributed by atoms with E-state index in [1.165, 1.54) is 12.7 Å². The van der Waals surface area contributed by atoms with Crippen molar-refractivity contribution >= 4 is 21.6 Å². The summed E-state index contributed by atoms with van der Waals surface area (Å²) >= 11 is 6.08. The maximum absolute atomic E-state index is 13.9. The number of halogens is 1. The molecule has 0 saturated carbocycles. The third kappa shape index (κ3) is 5.12. The van der Waals surface area contributed by atoms with E-state index in [0.717, 1.165) is 43.1 Å². The number of fused-ring (bicyclic) bond motifs is 1. The Kier molecular flexibility index (Phi) is 7.46. The molecule has 33 heavy (non-hydrogen) atoms. The minimum absolute atomic E-state index is 0.197. The van der Waals surface area contributed by atoms with Gasteiger partial charge in [-0.2, -0.15) is 4.31 Å². The molecule has 2 aliphatic heterocycles. The van der Waals surface area contributed by atoms with Crippen LogP contribution in [0.1, 0.15) is 17.5 Å². The maximum atomic E-state index is 13.9. The van der Waals surface area contributed by atoms with Gasteiger partial charge in [-0.1, -0.05) is 35.9 Å². The first kappa shape index (κ1) is 24.2. The van der Waals surface area contributed by atoms with Crippen molar-refractivity contribution in [1.29, 1.82) is 0 Å². The Morgan fingerprint density at radius 1 is 1.15 bits per heavy atom. The molecule has 0 bridgehead atoms. The number of rotatable bonds is 7. The molecule has 0 spiro atoms. The van der Waals surface area contributed by atoms with Gasteiger partial charge in [0.05, 0.1) is 13.3 Å². The molecule has 4 rings (SSSR count). The zero-order valence-electron chi connectivity index (χ0n) is 19.3. The molecule has 2 atom stereocenters. The fourth-order valence-corrected chi connectivity index (χ4v) is 7.00. The predicted molar refractivity (Wildman–Crippen MR) is 132 cm³/mol. The van der Waals surface area contributed by atoms with Gasteiger partial charge in [-0.05, 0) is 55.2 Å². The Morgan fingerprint density at radius 2 is 1.91 bits per heavy atom. The molecular formula is C25H32ClN3O3S. The van der Waals surface area contributed by atoms with Crippen molar-refractivity contribution in [2.45, 2.75) is 36.9 Å². The van der Waals surface area contributed by atoms with Crippen LogP contribution in [0.25, 0.3) is 0 Å². The highest BCUT2D eigenvalue weighted by Gasteiger charge is 2.44. The molecule has 6 nitrogen and oxygen atoms in total. The van der Waals surface area contributed by atoms with Crippen LogP contribution in [0, 0.1) is 6.92 Å². The van der Waals surface area contributed by atoms with E-state index in [2.05, 4.69) is 28.5 Å². The maximum Gasteiger partial charge on any atom is 0.248 e. The summed E-state index contributed by atoms with van der Waals surface area (Å²) in [6, 6.07) is 13.4. The fourth-order valence-electron chi connectivity index (χ4n) is 5.00. The number of benzene rings is 2. The summed E-state index contributed by atoms with van der Waals surface area (Å²) in [5, 5.41) is 0.718. The lowest BCUT2D eigenvalue weighted by atomic mass is 9.99. The van der Waals surface area contributed by atoms with E-state index in [1.54, 1.807) is 16.4 Å². The molecule has 2 aromatic carbocycles. The van der Waals surface area contributed by atoms with Gasteiger partial charge in [-0.3, -0.25) is 9.80 Å². The zero-order valence-corrected chi connectivity index (χ0v) is 20.9. The molecule has 2 saturated heterocycles. The average molecular weight is 490 g/mol. The molecule has 0 aliphatic carbocycles. The first-order valence-electron chi connectivity index (χ1n) is 11.3. The number of methoxy groups -OCH3 is 1. The van der Waals surface area contributed by atoms with Gasteiger partial charge in [0.2, 0.25) is 10.0 Å². The second-order valence-electron chi connectivity index (χ2n) is 8.83. The van der Waals surface area contributed by atoms with E-state index >= 15 is 0 Å². The van der Waals surface area contributed by atoms with Crippen LogP contribution in [-0.2, 0) is 16.4 Å². The second-order valence-corrected chi connectivity index (χ2v) is 11.1. The standard InChI is InChI=1S/C25H32ClN3O3S/c1-4-12-27-17-22(16-20-7-9-21(26)10-8-20)28-13-5-14-29(25(28)18-27)33(30,31)24-15-19(2)6-11-23(24)32-3/h4,6-11,15,22,25H,1,5,12-14,16-18H2,2-3H3. The van der Waals surface area contributed by atoms with Gasteiger partial charge in [0.25, 0.3) is 0 Å². The van der Waals surface area contributed by atoms with Crippen LogP contribution in [0.2, 0.25) is 5.02 Å². The van der Waals surface area contributed by atoms with Gasteiger partial charge in [0.15, 0.2) is 0 Å². The number of ether oxygens (including phenoxy) is 1. The Hall–Kier alpha value is -1.90. The monoisotopic (exact) mass is 489 g/mol. The molecule has 2 heterocycles. The van der Waals surface area contributed by atoms with Crippen molar-refractivity contribution in [3.8, 4) is 5.75 Å². The van der Waals surface area contributed by atoms with Gasteiger partial charge < -0.3 is 4.74 Å². The highest BCUT2D eigenvalue weighted by atomic mass is 35.5. The van der Waals surface area contributed by atoms with Crippen molar-refractivity contribution in [1.82, 2.24) is 14.1 Å². The molecule has 0 N–H and O–H groups in total. The zero-order chi connectivity index (χ0) is 23.6. The lowest BCUT2D eigenvalue weighted by molar-refractivity contribution is -0.0444. The molecule has 0 radical (unpaired) electrons. The van der Waals surface area contributed by atoms with Crippen LogP contribution in [-0.4, -0.2) is 74.6 Å². The summed E-state index contributed by atoms with van der Waals surface area (Å²) in [4.78, 5) is 4.91. The van der Waals surface area contributed by atoms with E-state index in [9.17, 15) is 8.42 Å². The molecule has 178 valence electrons. The van der Waals surface area contributed by atoms with E-state index in [1.807, 2.05) is 31.2 Å². The van der Waals surface area contributed by atoms with Crippen LogP contribution < -0.4 is 4.74 Å². The summed E-state index contributed by atoms with van der Waals surface area (Å²) in [6.07, 6.45) is 3.28. The number of sulfonamides is 1. The quantitative estimate of drug-likeness (QED) is 0.554. The fraction of sp³-hybridized carbons (Fsp3) is 0.440. The highest BCUT2D eigenvalue weighted by Crippen LogP contribution is 2.34. The Balaban J connectivity index is 1.68. The Morgan fingerprint density at radius 3 is 2.61 bits per heavy atom. The number of aryl methyl sites for hydroxylation is 1. The summed E-state index contributed by atoms with van der Waals surface area (Å²) in [5.74, 6) is 0.384. The largest absolute Gasteiger partial charge is 0.495 e. The summed E-state index contributed by atoms with van der Waals surface area (Å²) in [7, 11) is -2.23. The van der Waals surface area contributed by atoms with Crippen molar-refractivity contribution in [3.63, 3.8) is 0 Å². The highest BCUT2D eigenvalue weighted by molar-refractivity contribution is 7.89. The number of piperazine rings is 1. The van der Waals surface area contributed by atoms with Crippen LogP contribution in [0.15, 0.2) is 60.0 Å². The first-order valence-corrected chi connectivity index (χ1v) is 13.1. The molecular weight excluding hydrogens is 458 g/mol. The van der Waals surface area contributed by atoms with Crippen molar-refractivity contribution in [2.24, 2.45) is 0 Å². The number of nitrogens with zero attached hydrogens (tertiary/aromatic N) is 3. The topological polar surface area (TPSA) is 53.1 Å². The smallest absolute Gasteiger partial charge is 0.248 e. The Labute approximate surface area is 202 Å². The molecule has 2 unspecified atom stereocenters. The van der Waals surface area contributed by atoms with Gasteiger partial charge in [0, 0.05) is 43.8 Å². The number of hydrogen-bond donors (Lipinski definition) is 0. The first-order chi connectivity index (χ1) is 15.8. The molecule has 2 aromatic rings. The summed E-state index contributed by atoms with van der Waals surface area (Å²) in [6.45, 7) is 9.42. The van der Waals surface area contributed by atoms with Crippen LogP contribution in [0.4, 0.5) is 0 Å². The minimum atomic E-state index is -3.74. The molecule has 8 heteroatoms.